The summed E-state index contributed by atoms with van der Waals surface area (Å²) in [5.74, 6) is 1.55. The molecule has 1 aliphatic rings. The molecule has 26 heavy (non-hydrogen) atoms. The Kier molecular flexibility index (Phi) is 8.54. The number of methoxy groups -OCH3 is 1. The van der Waals surface area contributed by atoms with E-state index in [1.807, 2.05) is 12.1 Å². The molecule has 6 heteroatoms. The highest BCUT2D eigenvalue weighted by molar-refractivity contribution is 5.73. The fourth-order valence-electron chi connectivity index (χ4n) is 3.14. The van der Waals surface area contributed by atoms with E-state index in [1.54, 1.807) is 7.11 Å². The predicted molar refractivity (Wildman–Crippen MR) is 107 cm³/mol. The van der Waals surface area contributed by atoms with Crippen molar-refractivity contribution < 1.29 is 9.53 Å². The van der Waals surface area contributed by atoms with E-state index < -0.39 is 0 Å². The molecule has 0 spiro atoms. The van der Waals surface area contributed by atoms with Crippen molar-refractivity contribution in [2.24, 2.45) is 5.92 Å². The van der Waals surface area contributed by atoms with Gasteiger partial charge in [-0.3, -0.25) is 4.90 Å². The summed E-state index contributed by atoms with van der Waals surface area (Å²) >= 11 is 0. The summed E-state index contributed by atoms with van der Waals surface area (Å²) in [6.45, 7) is 10.9. The number of carbonyl (C=O) groups excluding carboxylic acids is 1. The normalized spacial score (nSPS) is 15.2. The average molecular weight is 363 g/mol. The lowest BCUT2D eigenvalue weighted by Gasteiger charge is -2.36. The number of ether oxygens (including phenoxy) is 1. The van der Waals surface area contributed by atoms with Crippen LogP contribution in [-0.4, -0.2) is 63.9 Å². The molecule has 6 nitrogen and oxygen atoms in total. The maximum atomic E-state index is 11.7. The molecule has 0 saturated carbocycles. The largest absolute Gasteiger partial charge is 0.495 e. The van der Waals surface area contributed by atoms with Crippen molar-refractivity contribution in [1.29, 1.82) is 0 Å². The average Bonchev–Trinajstić information content (AvgIpc) is 2.65. The number of hydrogen-bond donors (Lipinski definition) is 2. The molecule has 2 N–H and O–H groups in total. The first-order chi connectivity index (χ1) is 12.6. The molecular weight excluding hydrogens is 328 g/mol. The SMILES string of the molecule is COc1ccccc1N1CCN(CCCNC(=O)NCCC(C)C)CC1. The van der Waals surface area contributed by atoms with Gasteiger partial charge >= 0.3 is 6.03 Å². The summed E-state index contributed by atoms with van der Waals surface area (Å²) in [5.41, 5.74) is 1.18. The fourth-order valence-corrected chi connectivity index (χ4v) is 3.14. The van der Waals surface area contributed by atoms with Gasteiger partial charge in [-0.2, -0.15) is 0 Å². The van der Waals surface area contributed by atoms with Gasteiger partial charge in [-0.25, -0.2) is 4.79 Å². The number of urea groups is 1. The van der Waals surface area contributed by atoms with E-state index in [0.29, 0.717) is 5.92 Å². The number of rotatable bonds is 9. The molecule has 0 unspecified atom stereocenters. The zero-order valence-electron chi connectivity index (χ0n) is 16.5. The molecule has 0 aromatic heterocycles. The van der Waals surface area contributed by atoms with Crippen LogP contribution in [0.5, 0.6) is 5.75 Å². The minimum absolute atomic E-state index is 0.0494. The standard InChI is InChI=1S/C20H34N4O2/c1-17(2)9-11-22-20(25)21-10-6-12-23-13-15-24(16-14-23)18-7-4-5-8-19(18)26-3/h4-5,7-8,17H,6,9-16H2,1-3H3,(H2,21,22,25). The fraction of sp³-hybridized carbons (Fsp3) is 0.650. The Bertz CT molecular complexity index is 542. The summed E-state index contributed by atoms with van der Waals surface area (Å²) in [6, 6.07) is 8.15. The Labute approximate surface area is 157 Å². The van der Waals surface area contributed by atoms with Crippen molar-refractivity contribution in [2.45, 2.75) is 26.7 Å². The minimum Gasteiger partial charge on any atom is -0.495 e. The van der Waals surface area contributed by atoms with Gasteiger partial charge in [0.2, 0.25) is 0 Å². The molecule has 1 heterocycles. The third-order valence-corrected chi connectivity index (χ3v) is 4.74. The van der Waals surface area contributed by atoms with E-state index in [-0.39, 0.29) is 6.03 Å². The highest BCUT2D eigenvalue weighted by Gasteiger charge is 2.19. The van der Waals surface area contributed by atoms with Gasteiger partial charge in [0.15, 0.2) is 0 Å². The van der Waals surface area contributed by atoms with Crippen molar-refractivity contribution in [3.8, 4) is 5.75 Å². The van der Waals surface area contributed by atoms with Gasteiger partial charge < -0.3 is 20.3 Å². The number of amides is 2. The lowest BCUT2D eigenvalue weighted by molar-refractivity contribution is 0.235. The van der Waals surface area contributed by atoms with Crippen molar-refractivity contribution in [2.75, 3.05) is 57.8 Å². The second kappa shape index (κ2) is 10.9. The van der Waals surface area contributed by atoms with E-state index >= 15 is 0 Å². The molecule has 1 aromatic rings. The maximum absolute atomic E-state index is 11.7. The van der Waals surface area contributed by atoms with Crippen LogP contribution in [0.15, 0.2) is 24.3 Å². The molecule has 0 atom stereocenters. The van der Waals surface area contributed by atoms with E-state index in [2.05, 4.69) is 46.4 Å². The number of hydrogen-bond acceptors (Lipinski definition) is 4. The highest BCUT2D eigenvalue weighted by Crippen LogP contribution is 2.28. The van der Waals surface area contributed by atoms with Crippen molar-refractivity contribution >= 4 is 11.7 Å². The van der Waals surface area contributed by atoms with Crippen molar-refractivity contribution in [3.63, 3.8) is 0 Å². The monoisotopic (exact) mass is 362 g/mol. The molecule has 1 aromatic carbocycles. The number of benzene rings is 1. The Morgan fingerprint density at radius 3 is 2.50 bits per heavy atom. The lowest BCUT2D eigenvalue weighted by atomic mass is 10.1. The van der Waals surface area contributed by atoms with Crippen molar-refractivity contribution in [3.05, 3.63) is 24.3 Å². The van der Waals surface area contributed by atoms with Crippen LogP contribution in [0.3, 0.4) is 0 Å². The van der Waals surface area contributed by atoms with Crippen LogP contribution < -0.4 is 20.3 Å². The number of carbonyl (C=O) groups is 1. The number of anilines is 1. The topological polar surface area (TPSA) is 56.8 Å². The first-order valence-electron chi connectivity index (χ1n) is 9.72. The second-order valence-electron chi connectivity index (χ2n) is 7.22. The van der Waals surface area contributed by atoms with Crippen LogP contribution in [0.2, 0.25) is 0 Å². The Balaban J connectivity index is 1.60. The van der Waals surface area contributed by atoms with Gasteiger partial charge in [0.25, 0.3) is 0 Å². The Hall–Kier alpha value is -1.95. The molecular formula is C20H34N4O2. The predicted octanol–water partition coefficient (Wildman–Crippen LogP) is 2.55. The van der Waals surface area contributed by atoms with Crippen LogP contribution in [0, 0.1) is 5.92 Å². The van der Waals surface area contributed by atoms with E-state index in [9.17, 15) is 4.79 Å². The number of nitrogens with one attached hydrogen (secondary N) is 2. The number of para-hydroxylation sites is 2. The molecule has 1 aliphatic heterocycles. The van der Waals surface area contributed by atoms with Gasteiger partial charge in [-0.05, 0) is 37.4 Å². The van der Waals surface area contributed by atoms with Crippen LogP contribution in [0.1, 0.15) is 26.7 Å². The van der Waals surface area contributed by atoms with Gasteiger partial charge in [-0.1, -0.05) is 26.0 Å². The number of piperazine rings is 1. The quantitative estimate of drug-likeness (QED) is 0.663. The van der Waals surface area contributed by atoms with Gasteiger partial charge in [0.05, 0.1) is 12.8 Å². The summed E-state index contributed by atoms with van der Waals surface area (Å²) in [6.07, 6.45) is 2.00. The third-order valence-electron chi connectivity index (χ3n) is 4.74. The van der Waals surface area contributed by atoms with Crippen LogP contribution in [0.4, 0.5) is 10.5 Å². The molecule has 0 radical (unpaired) electrons. The molecule has 1 fully saturated rings. The van der Waals surface area contributed by atoms with E-state index in [0.717, 1.165) is 64.4 Å². The van der Waals surface area contributed by atoms with Crippen LogP contribution in [-0.2, 0) is 0 Å². The number of nitrogens with zero attached hydrogens (tertiary/aromatic N) is 2. The lowest BCUT2D eigenvalue weighted by Crippen LogP contribution is -2.47. The highest BCUT2D eigenvalue weighted by atomic mass is 16.5. The first kappa shape index (κ1) is 20.4. The van der Waals surface area contributed by atoms with Gasteiger partial charge in [-0.15, -0.1) is 0 Å². The Morgan fingerprint density at radius 2 is 1.81 bits per heavy atom. The maximum Gasteiger partial charge on any atom is 0.314 e. The Morgan fingerprint density at radius 1 is 1.12 bits per heavy atom. The van der Waals surface area contributed by atoms with Gasteiger partial charge in [0, 0.05) is 39.3 Å². The smallest absolute Gasteiger partial charge is 0.314 e. The summed E-state index contributed by atoms with van der Waals surface area (Å²) in [5, 5.41) is 5.85. The van der Waals surface area contributed by atoms with E-state index in [4.69, 9.17) is 4.74 Å². The zero-order valence-corrected chi connectivity index (χ0v) is 16.5. The minimum atomic E-state index is -0.0494. The van der Waals surface area contributed by atoms with Gasteiger partial charge in [0.1, 0.15) is 5.75 Å². The first-order valence-corrected chi connectivity index (χ1v) is 9.72. The zero-order chi connectivity index (χ0) is 18.8. The molecule has 146 valence electrons. The second-order valence-corrected chi connectivity index (χ2v) is 7.22. The third kappa shape index (κ3) is 6.75. The van der Waals surface area contributed by atoms with Crippen molar-refractivity contribution in [1.82, 2.24) is 15.5 Å². The molecule has 2 rings (SSSR count). The summed E-state index contributed by atoms with van der Waals surface area (Å²) in [4.78, 5) is 16.5. The summed E-state index contributed by atoms with van der Waals surface area (Å²) in [7, 11) is 1.72. The van der Waals surface area contributed by atoms with Crippen LogP contribution in [0.25, 0.3) is 0 Å². The van der Waals surface area contributed by atoms with Crippen LogP contribution >= 0.6 is 0 Å². The molecule has 0 aliphatic carbocycles. The molecule has 1 saturated heterocycles. The molecule has 2 amide bonds. The summed E-state index contributed by atoms with van der Waals surface area (Å²) < 4.78 is 5.47. The van der Waals surface area contributed by atoms with E-state index in [1.165, 1.54) is 5.69 Å². The molecule has 0 bridgehead atoms.